The van der Waals surface area contributed by atoms with E-state index in [0.717, 1.165) is 5.56 Å². The van der Waals surface area contributed by atoms with Gasteiger partial charge >= 0.3 is 5.76 Å². The Kier molecular flexibility index (Phi) is 2.30. The predicted octanol–water partition coefficient (Wildman–Crippen LogP) is 1.71. The smallest absolute Gasteiger partial charge is 0.408 e. The van der Waals surface area contributed by atoms with Crippen molar-refractivity contribution in [2.45, 2.75) is 0 Å². The van der Waals surface area contributed by atoms with Crippen molar-refractivity contribution in [3.63, 3.8) is 0 Å². The minimum absolute atomic E-state index is 0.287. The van der Waals surface area contributed by atoms with Crippen LogP contribution in [0.1, 0.15) is 5.56 Å². The maximum absolute atomic E-state index is 10.8. The van der Waals surface area contributed by atoms with Gasteiger partial charge in [0.05, 0.1) is 11.4 Å². The first-order valence-corrected chi connectivity index (χ1v) is 4.51. The van der Waals surface area contributed by atoms with Crippen molar-refractivity contribution < 1.29 is 4.42 Å². The largest absolute Gasteiger partial charge is 0.417 e. The molecule has 0 aliphatic carbocycles. The van der Waals surface area contributed by atoms with Crippen LogP contribution in [0, 0.1) is 11.8 Å². The van der Waals surface area contributed by atoms with Crippen LogP contribution in [0.3, 0.4) is 0 Å². The topological polar surface area (TPSA) is 46.0 Å². The van der Waals surface area contributed by atoms with Gasteiger partial charge in [0.1, 0.15) is 0 Å². The first kappa shape index (κ1) is 8.92. The van der Waals surface area contributed by atoms with E-state index in [0.29, 0.717) is 11.1 Å². The Morgan fingerprint density at radius 2 is 2.36 bits per heavy atom. The van der Waals surface area contributed by atoms with Gasteiger partial charge in [-0.1, -0.05) is 11.8 Å². The van der Waals surface area contributed by atoms with Crippen molar-refractivity contribution in [1.82, 2.24) is 4.98 Å². The Morgan fingerprint density at radius 1 is 1.50 bits per heavy atom. The van der Waals surface area contributed by atoms with Gasteiger partial charge in [-0.05, 0) is 18.2 Å². The molecule has 0 atom stereocenters. The molecule has 0 bridgehead atoms. The van der Waals surface area contributed by atoms with Crippen molar-refractivity contribution >= 4 is 22.7 Å². The predicted molar refractivity (Wildman–Crippen MR) is 54.4 cm³/mol. The van der Waals surface area contributed by atoms with E-state index >= 15 is 0 Å². The fraction of sp³-hybridized carbons (Fsp3) is 0.100. The van der Waals surface area contributed by atoms with E-state index in [-0.39, 0.29) is 5.88 Å². The van der Waals surface area contributed by atoms with E-state index < -0.39 is 5.76 Å². The van der Waals surface area contributed by atoms with Crippen LogP contribution in [0.15, 0.2) is 27.4 Å². The van der Waals surface area contributed by atoms with Crippen LogP contribution in [0.25, 0.3) is 11.1 Å². The lowest BCUT2D eigenvalue weighted by atomic mass is 10.2. The third-order valence-electron chi connectivity index (χ3n) is 1.72. The summed E-state index contributed by atoms with van der Waals surface area (Å²) in [7, 11) is 0. The lowest BCUT2D eigenvalue weighted by Crippen LogP contribution is -1.92. The second-order valence-corrected chi connectivity index (χ2v) is 2.93. The Hall–Kier alpha value is -1.66. The number of rotatable bonds is 0. The third-order valence-corrected chi connectivity index (χ3v) is 1.85. The number of fused-ring (bicyclic) bond motifs is 1. The maximum atomic E-state index is 10.8. The molecule has 3 nitrogen and oxygen atoms in total. The highest BCUT2D eigenvalue weighted by atomic mass is 35.5. The average Bonchev–Trinajstić information content (AvgIpc) is 2.54. The van der Waals surface area contributed by atoms with Crippen molar-refractivity contribution in [2.75, 3.05) is 5.88 Å². The Balaban J connectivity index is 2.55. The fourth-order valence-electron chi connectivity index (χ4n) is 1.16. The molecule has 1 aromatic carbocycles. The summed E-state index contributed by atoms with van der Waals surface area (Å²) in [4.78, 5) is 13.4. The van der Waals surface area contributed by atoms with E-state index in [1.54, 1.807) is 18.2 Å². The number of aromatic nitrogens is 1. The molecular formula is C10H6ClNO2. The van der Waals surface area contributed by atoms with Crippen LogP contribution in [0.4, 0.5) is 0 Å². The van der Waals surface area contributed by atoms with Crippen molar-refractivity contribution in [3.05, 3.63) is 34.3 Å². The summed E-state index contributed by atoms with van der Waals surface area (Å²) >= 11 is 5.42. The number of nitrogens with one attached hydrogen (secondary N) is 1. The number of alkyl halides is 1. The molecule has 2 aromatic rings. The van der Waals surface area contributed by atoms with Gasteiger partial charge in [-0.15, -0.1) is 11.6 Å². The van der Waals surface area contributed by atoms with E-state index in [4.69, 9.17) is 16.0 Å². The highest BCUT2D eigenvalue weighted by molar-refractivity contribution is 6.19. The molecule has 0 amide bonds. The zero-order valence-electron chi connectivity index (χ0n) is 7.13. The molecule has 0 saturated carbocycles. The molecule has 0 spiro atoms. The van der Waals surface area contributed by atoms with Gasteiger partial charge < -0.3 is 4.42 Å². The van der Waals surface area contributed by atoms with Crippen LogP contribution in [0.2, 0.25) is 0 Å². The quantitative estimate of drug-likeness (QED) is 0.528. The first-order chi connectivity index (χ1) is 6.79. The molecule has 0 aliphatic rings. The van der Waals surface area contributed by atoms with E-state index in [2.05, 4.69) is 16.8 Å². The Labute approximate surface area is 84.7 Å². The number of H-pyrrole nitrogens is 1. The van der Waals surface area contributed by atoms with Crippen LogP contribution in [-0.4, -0.2) is 10.9 Å². The molecule has 0 unspecified atom stereocenters. The Bertz CT molecular complexity index is 571. The number of benzene rings is 1. The van der Waals surface area contributed by atoms with Crippen LogP contribution in [0.5, 0.6) is 0 Å². The molecule has 0 radical (unpaired) electrons. The van der Waals surface area contributed by atoms with Gasteiger partial charge in [-0.25, -0.2) is 4.79 Å². The van der Waals surface area contributed by atoms with Gasteiger partial charge in [0.25, 0.3) is 0 Å². The minimum atomic E-state index is -0.456. The van der Waals surface area contributed by atoms with Gasteiger partial charge in [0.2, 0.25) is 0 Å². The van der Waals surface area contributed by atoms with Gasteiger partial charge in [0, 0.05) is 5.56 Å². The summed E-state index contributed by atoms with van der Waals surface area (Å²) in [5.41, 5.74) is 1.96. The average molecular weight is 208 g/mol. The number of hydrogen-bond donors (Lipinski definition) is 1. The fourth-order valence-corrected chi connectivity index (χ4v) is 1.23. The van der Waals surface area contributed by atoms with Gasteiger partial charge in [-0.3, -0.25) is 4.98 Å². The zero-order chi connectivity index (χ0) is 9.97. The molecule has 0 saturated heterocycles. The van der Waals surface area contributed by atoms with Crippen LogP contribution in [-0.2, 0) is 0 Å². The molecule has 14 heavy (non-hydrogen) atoms. The molecule has 1 N–H and O–H groups in total. The monoisotopic (exact) mass is 207 g/mol. The van der Waals surface area contributed by atoms with Gasteiger partial charge in [0.15, 0.2) is 5.58 Å². The Morgan fingerprint density at radius 3 is 3.14 bits per heavy atom. The van der Waals surface area contributed by atoms with Crippen LogP contribution < -0.4 is 5.76 Å². The zero-order valence-corrected chi connectivity index (χ0v) is 7.89. The molecule has 0 aliphatic heterocycles. The second kappa shape index (κ2) is 3.60. The SMILES string of the molecule is O=c1[nH]c2ccc(C#CCCl)cc2o1. The normalized spacial score (nSPS) is 9.79. The summed E-state index contributed by atoms with van der Waals surface area (Å²) in [5, 5.41) is 0. The van der Waals surface area contributed by atoms with Crippen molar-refractivity contribution in [2.24, 2.45) is 0 Å². The number of oxazole rings is 1. The summed E-state index contributed by atoms with van der Waals surface area (Å²) in [6.45, 7) is 0. The third kappa shape index (κ3) is 1.66. The number of hydrogen-bond acceptors (Lipinski definition) is 2. The second-order valence-electron chi connectivity index (χ2n) is 2.66. The molecule has 1 aromatic heterocycles. The standard InChI is InChI=1S/C10H6ClNO2/c11-5-1-2-7-3-4-8-9(6-7)14-10(13)12-8/h3-4,6H,5H2,(H,12,13). The lowest BCUT2D eigenvalue weighted by molar-refractivity contribution is 0.555. The molecule has 0 fully saturated rings. The van der Waals surface area contributed by atoms with Crippen molar-refractivity contribution in [3.8, 4) is 11.8 Å². The highest BCUT2D eigenvalue weighted by Gasteiger charge is 1.99. The highest BCUT2D eigenvalue weighted by Crippen LogP contribution is 2.11. The molecule has 4 heteroatoms. The summed E-state index contributed by atoms with van der Waals surface area (Å²) < 4.78 is 4.88. The number of halogens is 1. The number of aromatic amines is 1. The summed E-state index contributed by atoms with van der Waals surface area (Å²) in [6, 6.07) is 5.25. The van der Waals surface area contributed by atoms with E-state index in [9.17, 15) is 4.79 Å². The maximum Gasteiger partial charge on any atom is 0.417 e. The van der Waals surface area contributed by atoms with Crippen LogP contribution >= 0.6 is 11.6 Å². The lowest BCUT2D eigenvalue weighted by Gasteiger charge is -1.88. The molecule has 70 valence electrons. The minimum Gasteiger partial charge on any atom is -0.408 e. The van der Waals surface area contributed by atoms with Gasteiger partial charge in [-0.2, -0.15) is 0 Å². The molecular weight excluding hydrogens is 202 g/mol. The summed E-state index contributed by atoms with van der Waals surface area (Å²) in [5.74, 6) is 5.39. The van der Waals surface area contributed by atoms with E-state index in [1.807, 2.05) is 0 Å². The van der Waals surface area contributed by atoms with E-state index in [1.165, 1.54) is 0 Å². The molecule has 1 heterocycles. The summed E-state index contributed by atoms with van der Waals surface area (Å²) in [6.07, 6.45) is 0. The first-order valence-electron chi connectivity index (χ1n) is 3.97. The molecule has 2 rings (SSSR count). The van der Waals surface area contributed by atoms with Crippen molar-refractivity contribution in [1.29, 1.82) is 0 Å².